The van der Waals surface area contributed by atoms with E-state index in [-0.39, 0.29) is 17.5 Å². The van der Waals surface area contributed by atoms with Gasteiger partial charge in [0.15, 0.2) is 0 Å². The van der Waals surface area contributed by atoms with E-state index in [1.54, 1.807) is 30.9 Å². The van der Waals surface area contributed by atoms with Gasteiger partial charge in [0, 0.05) is 24.9 Å². The number of cyclic esters (lactones) is 1. The first-order valence-electron chi connectivity index (χ1n) is 12.9. The molecule has 1 fully saturated rings. The number of hydrogen-bond acceptors (Lipinski definition) is 6. The summed E-state index contributed by atoms with van der Waals surface area (Å²) in [6.07, 6.45) is 1.74. The number of rotatable bonds is 8. The van der Waals surface area contributed by atoms with Crippen LogP contribution in [0.2, 0.25) is 0 Å². The van der Waals surface area contributed by atoms with Gasteiger partial charge < -0.3 is 31.2 Å². The molecule has 1 aliphatic rings. The molecule has 0 aromatic heterocycles. The molecule has 2 amide bonds. The molecule has 38 heavy (non-hydrogen) atoms. The molecule has 8 nitrogen and oxygen atoms in total. The van der Waals surface area contributed by atoms with E-state index in [2.05, 4.69) is 5.32 Å². The van der Waals surface area contributed by atoms with E-state index in [1.807, 2.05) is 70.2 Å². The number of ether oxygens (including phenoxy) is 1. The molecule has 0 bridgehead atoms. The largest absolute Gasteiger partial charge is 0.438 e. The van der Waals surface area contributed by atoms with Crippen molar-refractivity contribution in [3.05, 3.63) is 83.1 Å². The van der Waals surface area contributed by atoms with Crippen LogP contribution in [-0.2, 0) is 15.1 Å². The minimum absolute atomic E-state index is 0.0358. The lowest BCUT2D eigenvalue weighted by Gasteiger charge is -2.45. The predicted molar refractivity (Wildman–Crippen MR) is 149 cm³/mol. The summed E-state index contributed by atoms with van der Waals surface area (Å²) in [6.45, 7) is 11.4. The van der Waals surface area contributed by atoms with Gasteiger partial charge in [-0.25, -0.2) is 4.79 Å². The zero-order valence-electron chi connectivity index (χ0n) is 23.2. The first kappa shape index (κ1) is 28.9. The van der Waals surface area contributed by atoms with Crippen LogP contribution in [-0.4, -0.2) is 45.4 Å². The summed E-state index contributed by atoms with van der Waals surface area (Å²) in [5.41, 5.74) is 5.97. The molecule has 1 aliphatic heterocycles. The average molecular weight is 521 g/mol. The van der Waals surface area contributed by atoms with Gasteiger partial charge in [0.2, 0.25) is 0 Å². The summed E-state index contributed by atoms with van der Waals surface area (Å²) in [7, 11) is 0. The Morgan fingerprint density at radius 1 is 1.16 bits per heavy atom. The lowest BCUT2D eigenvalue weighted by Crippen LogP contribution is -2.51. The second kappa shape index (κ2) is 11.0. The highest BCUT2D eigenvalue weighted by molar-refractivity contribution is 6.10. The van der Waals surface area contributed by atoms with Crippen molar-refractivity contribution in [1.82, 2.24) is 10.2 Å². The van der Waals surface area contributed by atoms with E-state index in [0.717, 1.165) is 11.1 Å². The molecule has 0 radical (unpaired) electrons. The van der Waals surface area contributed by atoms with Crippen molar-refractivity contribution >= 4 is 17.7 Å². The van der Waals surface area contributed by atoms with Gasteiger partial charge in [0.25, 0.3) is 5.91 Å². The molecular formula is C30H40N4O4. The molecule has 204 valence electrons. The summed E-state index contributed by atoms with van der Waals surface area (Å²) < 4.78 is 6.09. The van der Waals surface area contributed by atoms with Crippen LogP contribution in [0.25, 0.3) is 0 Å². The van der Waals surface area contributed by atoms with E-state index in [4.69, 9.17) is 15.9 Å². The van der Waals surface area contributed by atoms with Gasteiger partial charge in [-0.05, 0) is 64.3 Å². The second-order valence-corrected chi connectivity index (χ2v) is 11.7. The third kappa shape index (κ3) is 7.22. The fourth-order valence-corrected chi connectivity index (χ4v) is 4.73. The Kier molecular flexibility index (Phi) is 8.36. The highest BCUT2D eigenvalue weighted by Gasteiger charge is 2.46. The molecule has 3 rings (SSSR count). The maximum atomic E-state index is 13.3. The highest BCUT2D eigenvalue weighted by Crippen LogP contribution is 2.42. The summed E-state index contributed by atoms with van der Waals surface area (Å²) >= 11 is 0. The number of aliphatic hydroxyl groups is 1. The van der Waals surface area contributed by atoms with Crippen LogP contribution in [0.15, 0.2) is 66.4 Å². The van der Waals surface area contributed by atoms with Crippen molar-refractivity contribution in [1.29, 1.82) is 5.41 Å². The Morgan fingerprint density at radius 2 is 1.76 bits per heavy atom. The molecule has 0 spiro atoms. The number of nitrogens with two attached hydrogens (primary N) is 1. The minimum Gasteiger partial charge on any atom is -0.438 e. The molecule has 0 unspecified atom stereocenters. The smallest absolute Gasteiger partial charge is 0.411 e. The Labute approximate surface area is 225 Å². The van der Waals surface area contributed by atoms with Gasteiger partial charge in [-0.2, -0.15) is 0 Å². The number of carbonyl (C=O) groups is 2. The number of nitrogens with one attached hydrogen (secondary N) is 2. The van der Waals surface area contributed by atoms with E-state index in [9.17, 15) is 14.7 Å². The van der Waals surface area contributed by atoms with Crippen molar-refractivity contribution in [2.75, 3.05) is 6.54 Å². The maximum absolute atomic E-state index is 13.3. The fourth-order valence-electron chi connectivity index (χ4n) is 4.73. The molecule has 2 aromatic carbocycles. The topological polar surface area (TPSA) is 129 Å². The fraction of sp³-hybridized carbons (Fsp3) is 0.433. The van der Waals surface area contributed by atoms with Crippen molar-refractivity contribution < 1.29 is 19.4 Å². The van der Waals surface area contributed by atoms with E-state index in [0.29, 0.717) is 24.9 Å². The zero-order valence-corrected chi connectivity index (χ0v) is 23.2. The Hall–Kier alpha value is -3.65. The molecule has 2 aromatic rings. The van der Waals surface area contributed by atoms with Crippen LogP contribution in [0.1, 0.15) is 77.1 Å². The molecule has 1 saturated heterocycles. The number of carbonyl (C=O) groups excluding carboxylic acids is 2. The van der Waals surface area contributed by atoms with Crippen LogP contribution in [0, 0.1) is 5.41 Å². The SMILES string of the molecule is C[C@@H](c1ccc(C(=N)C=C(N)C(=O)NC(C)(C)C)cc1)N1CC[C@](CC(C)(C)O)(c2ccccc2)OC1=O. The van der Waals surface area contributed by atoms with Crippen molar-refractivity contribution in [3.63, 3.8) is 0 Å². The third-order valence-electron chi connectivity index (χ3n) is 6.51. The van der Waals surface area contributed by atoms with E-state index in [1.165, 1.54) is 6.08 Å². The summed E-state index contributed by atoms with van der Waals surface area (Å²) in [6, 6.07) is 16.6. The highest BCUT2D eigenvalue weighted by atomic mass is 16.6. The third-order valence-corrected chi connectivity index (χ3v) is 6.51. The van der Waals surface area contributed by atoms with Gasteiger partial charge in [-0.3, -0.25) is 4.79 Å². The zero-order chi connectivity index (χ0) is 28.3. The summed E-state index contributed by atoms with van der Waals surface area (Å²) in [5, 5.41) is 21.7. The Balaban J connectivity index is 1.73. The quantitative estimate of drug-likeness (QED) is 0.294. The van der Waals surface area contributed by atoms with Crippen molar-refractivity contribution in [2.24, 2.45) is 5.73 Å². The van der Waals surface area contributed by atoms with Crippen molar-refractivity contribution in [3.8, 4) is 0 Å². The van der Waals surface area contributed by atoms with Crippen molar-refractivity contribution in [2.45, 2.75) is 77.2 Å². The minimum atomic E-state index is -1.02. The first-order chi connectivity index (χ1) is 17.6. The van der Waals surface area contributed by atoms with E-state index >= 15 is 0 Å². The Bertz CT molecular complexity index is 1190. The monoisotopic (exact) mass is 520 g/mol. The molecule has 8 heteroatoms. The molecule has 0 aliphatic carbocycles. The van der Waals surface area contributed by atoms with Crippen LogP contribution in [0.4, 0.5) is 4.79 Å². The number of amides is 2. The molecule has 2 atom stereocenters. The van der Waals surface area contributed by atoms with Crippen LogP contribution >= 0.6 is 0 Å². The van der Waals surface area contributed by atoms with Gasteiger partial charge in [0.1, 0.15) is 5.60 Å². The number of hydrogen-bond donors (Lipinski definition) is 4. The van der Waals surface area contributed by atoms with Crippen LogP contribution < -0.4 is 11.1 Å². The van der Waals surface area contributed by atoms with Gasteiger partial charge in [-0.1, -0.05) is 54.6 Å². The molecule has 5 N–H and O–H groups in total. The van der Waals surface area contributed by atoms with Gasteiger partial charge in [0.05, 0.1) is 23.1 Å². The Morgan fingerprint density at radius 3 is 2.29 bits per heavy atom. The first-order valence-corrected chi connectivity index (χ1v) is 12.9. The van der Waals surface area contributed by atoms with Crippen LogP contribution in [0.5, 0.6) is 0 Å². The molecule has 1 heterocycles. The average Bonchev–Trinajstić information content (AvgIpc) is 2.82. The number of allylic oxidation sites excluding steroid dienone is 1. The molecule has 0 saturated carbocycles. The molecular weight excluding hydrogens is 480 g/mol. The summed E-state index contributed by atoms with van der Waals surface area (Å²) in [4.78, 5) is 27.2. The van der Waals surface area contributed by atoms with E-state index < -0.39 is 28.7 Å². The van der Waals surface area contributed by atoms with Gasteiger partial charge >= 0.3 is 6.09 Å². The van der Waals surface area contributed by atoms with Gasteiger partial charge in [-0.15, -0.1) is 0 Å². The maximum Gasteiger partial charge on any atom is 0.411 e. The predicted octanol–water partition coefficient (Wildman–Crippen LogP) is 4.77. The number of benzene rings is 2. The standard InChI is InChI=1S/C30H40N4O4/c1-20(21-12-14-22(15-13-21)24(31)18-25(32)26(35)33-28(2,3)4)34-17-16-30(38-27(34)36,19-29(5,6)37)23-10-8-7-9-11-23/h7-15,18,20,31,37H,16-17,19,32H2,1-6H3,(H,33,35)/t20-,30-/m0/s1. The lowest BCUT2D eigenvalue weighted by atomic mass is 9.80. The summed E-state index contributed by atoms with van der Waals surface area (Å²) in [5.74, 6) is -0.424. The number of nitrogens with zero attached hydrogens (tertiary/aromatic N) is 1. The second-order valence-electron chi connectivity index (χ2n) is 11.7. The normalized spacial score (nSPS) is 19.5. The van der Waals surface area contributed by atoms with Crippen LogP contribution in [0.3, 0.4) is 0 Å². The lowest BCUT2D eigenvalue weighted by molar-refractivity contribution is -0.118.